The van der Waals surface area contributed by atoms with Crippen molar-refractivity contribution >= 4 is 32.6 Å². The van der Waals surface area contributed by atoms with Crippen LogP contribution in [0.25, 0.3) is 88.7 Å². The van der Waals surface area contributed by atoms with Crippen LogP contribution in [-0.2, 0) is 0 Å². The second-order valence-corrected chi connectivity index (χ2v) is 11.8. The molecule has 0 bridgehead atoms. The Hall–Kier alpha value is -6.52. The molecule has 0 N–H and O–H groups in total. The maximum atomic E-state index is 5.12. The number of aromatic nitrogens is 4. The summed E-state index contributed by atoms with van der Waals surface area (Å²) in [5.41, 5.74) is 11.8. The van der Waals surface area contributed by atoms with E-state index in [-0.39, 0.29) is 0 Å². The number of rotatable bonds is 5. The van der Waals surface area contributed by atoms with Crippen molar-refractivity contribution in [2.45, 2.75) is 0 Å². The first-order chi connectivity index (χ1) is 23.8. The van der Waals surface area contributed by atoms with E-state index in [2.05, 4.69) is 97.1 Å². The Morgan fingerprint density at radius 3 is 1.21 bits per heavy atom. The molecule has 0 aliphatic heterocycles. The van der Waals surface area contributed by atoms with Gasteiger partial charge in [0.05, 0.1) is 46.2 Å². The predicted molar refractivity (Wildman–Crippen MR) is 197 cm³/mol. The van der Waals surface area contributed by atoms with E-state index in [1.807, 2.05) is 73.1 Å². The van der Waals surface area contributed by atoms with E-state index in [0.29, 0.717) is 0 Å². The first-order valence-electron chi connectivity index (χ1n) is 16.1. The fourth-order valence-corrected chi connectivity index (χ4v) is 6.72. The number of hydrogen-bond donors (Lipinski definition) is 0. The third-order valence-electron chi connectivity index (χ3n) is 8.97. The van der Waals surface area contributed by atoms with Crippen LogP contribution < -0.4 is 0 Å². The molecule has 0 fully saturated rings. The minimum absolute atomic E-state index is 0.854. The Labute approximate surface area is 278 Å². The smallest absolute Gasteiger partial charge is 0.0973 e. The molecule has 0 unspecified atom stereocenters. The first-order valence-corrected chi connectivity index (χ1v) is 16.1. The molecule has 48 heavy (non-hydrogen) atoms. The number of benzene rings is 7. The Morgan fingerprint density at radius 2 is 0.688 bits per heavy atom. The first kappa shape index (κ1) is 27.8. The van der Waals surface area contributed by atoms with Crippen molar-refractivity contribution in [2.75, 3.05) is 0 Å². The second-order valence-electron chi connectivity index (χ2n) is 11.8. The summed E-state index contributed by atoms with van der Waals surface area (Å²) in [5.74, 6) is 0. The van der Waals surface area contributed by atoms with Gasteiger partial charge in [-0.1, -0.05) is 146 Å². The van der Waals surface area contributed by atoms with E-state index >= 15 is 0 Å². The van der Waals surface area contributed by atoms with Gasteiger partial charge in [-0.05, 0) is 44.8 Å². The van der Waals surface area contributed by atoms with Crippen LogP contribution in [0.5, 0.6) is 0 Å². The zero-order valence-corrected chi connectivity index (χ0v) is 26.0. The van der Waals surface area contributed by atoms with E-state index < -0.39 is 0 Å². The normalized spacial score (nSPS) is 11.3. The fourth-order valence-electron chi connectivity index (χ4n) is 6.72. The number of fused-ring (bicyclic) bond motifs is 3. The van der Waals surface area contributed by atoms with Crippen LogP contribution in [0.1, 0.15) is 0 Å². The summed E-state index contributed by atoms with van der Waals surface area (Å²) in [6.07, 6.45) is 3.78. The average Bonchev–Trinajstić information content (AvgIpc) is 3.17. The van der Waals surface area contributed by atoms with Crippen molar-refractivity contribution in [2.24, 2.45) is 0 Å². The molecule has 0 saturated carbocycles. The van der Waals surface area contributed by atoms with E-state index in [4.69, 9.17) is 19.9 Å². The van der Waals surface area contributed by atoms with Gasteiger partial charge in [0.25, 0.3) is 0 Å². The van der Waals surface area contributed by atoms with Crippen LogP contribution >= 0.6 is 0 Å². The predicted octanol–water partition coefficient (Wildman–Crippen LogP) is 11.1. The monoisotopic (exact) mass is 612 g/mol. The maximum absolute atomic E-state index is 5.12. The molecule has 9 aromatic rings. The third-order valence-corrected chi connectivity index (χ3v) is 8.97. The standard InChI is InChI=1S/C44H28N4/c1-3-13-29(14-4-1)39-27-46-40(28-45-39)42-35-19-9-7-17-33(35)41(34-18-8-10-20-36(34)42)30-23-25-32(26-24-30)44-43(31-15-5-2-6-16-31)47-37-21-11-12-22-38(37)48-44/h1-28H. The van der Waals surface area contributed by atoms with Crippen molar-refractivity contribution < 1.29 is 0 Å². The van der Waals surface area contributed by atoms with Gasteiger partial charge in [-0.25, -0.2) is 9.97 Å². The molecule has 2 heterocycles. The molecule has 4 heteroatoms. The minimum Gasteiger partial charge on any atom is -0.252 e. The van der Waals surface area contributed by atoms with Crippen LogP contribution in [-0.4, -0.2) is 19.9 Å². The molecule has 0 saturated heterocycles. The van der Waals surface area contributed by atoms with E-state index in [1.165, 1.54) is 16.3 Å². The lowest BCUT2D eigenvalue weighted by Gasteiger charge is -2.17. The summed E-state index contributed by atoms with van der Waals surface area (Å²) >= 11 is 0. The van der Waals surface area contributed by atoms with Gasteiger partial charge in [-0.15, -0.1) is 0 Å². The minimum atomic E-state index is 0.854. The molecule has 224 valence electrons. The summed E-state index contributed by atoms with van der Waals surface area (Å²) in [6, 6.07) is 54.5. The van der Waals surface area contributed by atoms with Crippen LogP contribution in [0.2, 0.25) is 0 Å². The van der Waals surface area contributed by atoms with Crippen LogP contribution in [0.15, 0.2) is 170 Å². The molecule has 0 amide bonds. The van der Waals surface area contributed by atoms with Crippen LogP contribution in [0.3, 0.4) is 0 Å². The Morgan fingerprint density at radius 1 is 0.292 bits per heavy atom. The molecule has 0 spiro atoms. The molecule has 0 aliphatic carbocycles. The summed E-state index contributed by atoms with van der Waals surface area (Å²) in [7, 11) is 0. The average molecular weight is 613 g/mol. The molecular weight excluding hydrogens is 585 g/mol. The summed E-state index contributed by atoms with van der Waals surface area (Å²) in [6.45, 7) is 0. The lowest BCUT2D eigenvalue weighted by molar-refractivity contribution is 1.21. The molecule has 4 nitrogen and oxygen atoms in total. The van der Waals surface area contributed by atoms with Crippen molar-refractivity contribution in [3.63, 3.8) is 0 Å². The molecule has 7 aromatic carbocycles. The highest BCUT2D eigenvalue weighted by atomic mass is 14.8. The summed E-state index contributed by atoms with van der Waals surface area (Å²) < 4.78 is 0. The number of para-hydroxylation sites is 2. The van der Waals surface area contributed by atoms with Gasteiger partial charge < -0.3 is 0 Å². The fraction of sp³-hybridized carbons (Fsp3) is 0. The Kier molecular flexibility index (Phi) is 6.76. The SMILES string of the molecule is c1ccc(-c2cnc(-c3c4ccccc4c(-c4ccc(-c5nc6ccccc6nc5-c5ccccc5)cc4)c4ccccc34)cn2)cc1. The van der Waals surface area contributed by atoms with Crippen molar-refractivity contribution in [3.05, 3.63) is 170 Å². The summed E-state index contributed by atoms with van der Waals surface area (Å²) in [5, 5.41) is 4.62. The van der Waals surface area contributed by atoms with Crippen molar-refractivity contribution in [3.8, 4) is 56.2 Å². The molecular formula is C44H28N4. The summed E-state index contributed by atoms with van der Waals surface area (Å²) in [4.78, 5) is 20.0. The zero-order chi connectivity index (χ0) is 31.9. The Bertz CT molecular complexity index is 2520. The number of hydrogen-bond acceptors (Lipinski definition) is 4. The van der Waals surface area contributed by atoms with Gasteiger partial charge in [-0.2, -0.15) is 0 Å². The molecule has 9 rings (SSSR count). The highest BCUT2D eigenvalue weighted by Gasteiger charge is 2.19. The largest absolute Gasteiger partial charge is 0.252 e. The van der Waals surface area contributed by atoms with Crippen LogP contribution in [0, 0.1) is 0 Å². The van der Waals surface area contributed by atoms with Gasteiger partial charge in [0.1, 0.15) is 0 Å². The number of nitrogens with zero attached hydrogens (tertiary/aromatic N) is 4. The molecule has 2 aromatic heterocycles. The van der Waals surface area contributed by atoms with Gasteiger partial charge in [0, 0.05) is 22.3 Å². The van der Waals surface area contributed by atoms with E-state index in [9.17, 15) is 0 Å². The lowest BCUT2D eigenvalue weighted by Crippen LogP contribution is -1.96. The van der Waals surface area contributed by atoms with E-state index in [1.54, 1.807) is 0 Å². The third kappa shape index (κ3) is 4.79. The molecule has 0 radical (unpaired) electrons. The zero-order valence-electron chi connectivity index (χ0n) is 26.0. The van der Waals surface area contributed by atoms with Gasteiger partial charge in [0.2, 0.25) is 0 Å². The van der Waals surface area contributed by atoms with Gasteiger partial charge in [-0.3, -0.25) is 9.97 Å². The highest BCUT2D eigenvalue weighted by molar-refractivity contribution is 6.21. The van der Waals surface area contributed by atoms with Gasteiger partial charge >= 0.3 is 0 Å². The highest BCUT2D eigenvalue weighted by Crippen LogP contribution is 2.43. The second kappa shape index (κ2) is 11.7. The molecule has 0 atom stereocenters. The van der Waals surface area contributed by atoms with Crippen molar-refractivity contribution in [1.29, 1.82) is 0 Å². The topological polar surface area (TPSA) is 51.6 Å². The maximum Gasteiger partial charge on any atom is 0.0973 e. The van der Waals surface area contributed by atoms with E-state index in [0.717, 1.165) is 72.4 Å². The quantitative estimate of drug-likeness (QED) is 0.181. The lowest BCUT2D eigenvalue weighted by atomic mass is 9.87. The molecule has 0 aliphatic rings. The van der Waals surface area contributed by atoms with Crippen molar-refractivity contribution in [1.82, 2.24) is 19.9 Å². The van der Waals surface area contributed by atoms with Crippen LogP contribution in [0.4, 0.5) is 0 Å². The van der Waals surface area contributed by atoms with Gasteiger partial charge in [0.15, 0.2) is 0 Å². The Balaban J connectivity index is 1.20.